The van der Waals surface area contributed by atoms with E-state index in [1.54, 1.807) is 6.08 Å². The topological polar surface area (TPSA) is 100 Å². The zero-order chi connectivity index (χ0) is 40.0. The fourth-order valence-corrected chi connectivity index (χ4v) is 8.08. The van der Waals surface area contributed by atoms with E-state index in [0.29, 0.717) is 28.9 Å². The van der Waals surface area contributed by atoms with Crippen LogP contribution in [0.5, 0.6) is 0 Å². The van der Waals surface area contributed by atoms with Gasteiger partial charge in [0.2, 0.25) is 0 Å². The van der Waals surface area contributed by atoms with Gasteiger partial charge in [0.05, 0.1) is 11.4 Å². The van der Waals surface area contributed by atoms with Gasteiger partial charge < -0.3 is 4.42 Å². The van der Waals surface area contributed by atoms with Crippen LogP contribution < -0.4 is 5.43 Å². The van der Waals surface area contributed by atoms with Crippen molar-refractivity contribution in [3.63, 3.8) is 0 Å². The number of aromatic nitrogens is 3. The van der Waals surface area contributed by atoms with Gasteiger partial charge in [-0.2, -0.15) is 5.10 Å². The number of hydrogen-bond acceptors (Lipinski definition) is 7. The van der Waals surface area contributed by atoms with Crippen LogP contribution in [0.3, 0.4) is 0 Å². The Morgan fingerprint density at radius 1 is 0.467 bits per heavy atom. The molecule has 0 saturated carbocycles. The van der Waals surface area contributed by atoms with Crippen LogP contribution in [0, 0.1) is 5.41 Å². The van der Waals surface area contributed by atoms with Gasteiger partial charge in [0.25, 0.3) is 0 Å². The van der Waals surface area contributed by atoms with E-state index in [9.17, 15) is 0 Å². The highest BCUT2D eigenvalue weighted by Crippen LogP contribution is 2.38. The van der Waals surface area contributed by atoms with Crippen molar-refractivity contribution in [1.82, 2.24) is 15.0 Å². The first-order valence-corrected chi connectivity index (χ1v) is 19.8. The van der Waals surface area contributed by atoms with Crippen molar-refractivity contribution in [3.05, 3.63) is 199 Å². The quantitative estimate of drug-likeness (QED) is 0.157. The summed E-state index contributed by atoms with van der Waals surface area (Å²) < 4.78 is 6.31. The number of benzene rings is 8. The largest absolute Gasteiger partial charge is 0.456 e. The normalized spacial score (nSPS) is 13.0. The predicted octanol–water partition coefficient (Wildman–Crippen LogP) is 13.1. The lowest BCUT2D eigenvalue weighted by molar-refractivity contribution is 0.669. The molecule has 0 radical (unpaired) electrons. The van der Waals surface area contributed by atoms with Crippen molar-refractivity contribution in [3.8, 4) is 56.4 Å². The van der Waals surface area contributed by atoms with Gasteiger partial charge in [-0.15, -0.1) is 0 Å². The molecule has 1 aliphatic carbocycles. The summed E-state index contributed by atoms with van der Waals surface area (Å²) in [6, 6.07) is 61.7. The summed E-state index contributed by atoms with van der Waals surface area (Å²) in [6.45, 7) is 0. The van der Waals surface area contributed by atoms with E-state index in [2.05, 4.69) is 121 Å². The minimum atomic E-state index is 0.322. The van der Waals surface area contributed by atoms with E-state index in [1.165, 1.54) is 5.56 Å². The Labute approximate surface area is 345 Å². The summed E-state index contributed by atoms with van der Waals surface area (Å²) in [5.74, 6) is 1.62. The molecule has 0 atom stereocenters. The van der Waals surface area contributed by atoms with E-state index in [-0.39, 0.29) is 0 Å². The molecule has 0 bridgehead atoms. The second kappa shape index (κ2) is 14.6. The molecule has 0 unspecified atom stereocenters. The molecule has 2 N–H and O–H groups in total. The number of hydrogen-bond donors (Lipinski definition) is 2. The molecule has 1 aliphatic rings. The molecule has 0 fully saturated rings. The maximum Gasteiger partial charge on any atom is 0.164 e. The maximum atomic E-state index is 8.93. The summed E-state index contributed by atoms with van der Waals surface area (Å²) in [4.78, 5) is 15.7. The standard InChI is InChI=1S/C53H34N6O/c54-45-29-28-35-26-24-34-25-27-40(32-44(34)48(35)50(45)59-58-41-18-5-2-6-19-41)52-55-51(56-53(57-52)43-21-11-23-47-49(43)42-20-7-8-22-46(42)60-47)39-17-10-16-38(31-39)37-15-9-14-36(30-37)33-12-3-1-4-13-33/h1-32,54,58H/b54-45?,59-50+. The molecule has 11 rings (SSSR count). The second-order valence-electron chi connectivity index (χ2n) is 14.8. The number of hydrazone groups is 1. The van der Waals surface area contributed by atoms with Gasteiger partial charge in [-0.05, 0) is 87.1 Å². The monoisotopic (exact) mass is 770 g/mol. The Morgan fingerprint density at radius 3 is 1.87 bits per heavy atom. The lowest BCUT2D eigenvalue weighted by Gasteiger charge is -2.18. The number of nitrogens with one attached hydrogen (secondary N) is 2. The van der Waals surface area contributed by atoms with Crippen LogP contribution in [0.2, 0.25) is 0 Å². The Morgan fingerprint density at radius 2 is 1.07 bits per heavy atom. The number of anilines is 1. The smallest absolute Gasteiger partial charge is 0.164 e. The van der Waals surface area contributed by atoms with Crippen LogP contribution in [0.1, 0.15) is 11.1 Å². The summed E-state index contributed by atoms with van der Waals surface area (Å²) >= 11 is 0. The van der Waals surface area contributed by atoms with E-state index in [0.717, 1.165) is 82.9 Å². The van der Waals surface area contributed by atoms with Crippen molar-refractivity contribution in [2.24, 2.45) is 5.10 Å². The van der Waals surface area contributed by atoms with Crippen molar-refractivity contribution in [1.29, 1.82) is 5.41 Å². The number of para-hydroxylation sites is 2. The molecule has 7 heteroatoms. The van der Waals surface area contributed by atoms with E-state index < -0.39 is 0 Å². The summed E-state index contributed by atoms with van der Waals surface area (Å²) in [6.07, 6.45) is 3.77. The Hall–Kier alpha value is -8.29. The summed E-state index contributed by atoms with van der Waals surface area (Å²) in [7, 11) is 0. The van der Waals surface area contributed by atoms with Gasteiger partial charge >= 0.3 is 0 Å². The molecule has 0 amide bonds. The highest BCUT2D eigenvalue weighted by Gasteiger charge is 2.22. The van der Waals surface area contributed by atoms with Crippen molar-refractivity contribution in [2.75, 3.05) is 5.43 Å². The lowest BCUT2D eigenvalue weighted by Crippen LogP contribution is -2.19. The van der Waals surface area contributed by atoms with E-state index in [4.69, 9.17) is 29.9 Å². The Balaban J connectivity index is 1.09. The van der Waals surface area contributed by atoms with Gasteiger partial charge in [0, 0.05) is 33.0 Å². The van der Waals surface area contributed by atoms with Gasteiger partial charge in [-0.1, -0.05) is 146 Å². The average molecular weight is 771 g/mol. The van der Waals surface area contributed by atoms with E-state index >= 15 is 0 Å². The van der Waals surface area contributed by atoms with Crippen molar-refractivity contribution in [2.45, 2.75) is 0 Å². The van der Waals surface area contributed by atoms with E-state index in [1.807, 2.05) is 72.8 Å². The Bertz CT molecular complexity index is 3370. The molecule has 2 heterocycles. The first kappa shape index (κ1) is 34.9. The first-order chi connectivity index (χ1) is 29.6. The number of allylic oxidation sites excluding steroid dienone is 1. The van der Waals surface area contributed by atoms with Crippen LogP contribution >= 0.6 is 0 Å². The SMILES string of the molecule is N=C1C=Cc2ccc3ccc(-c4nc(-c5cccc(-c6cccc(-c7ccccc7)c6)c5)nc(-c5cccc6oc7ccccc7c56)n4)cc3c2/C1=N/Nc1ccccc1. The third kappa shape index (κ3) is 6.31. The molecule has 0 saturated heterocycles. The van der Waals surface area contributed by atoms with Crippen molar-refractivity contribution >= 4 is 55.9 Å². The molecule has 7 nitrogen and oxygen atoms in total. The van der Waals surface area contributed by atoms with Crippen LogP contribution in [-0.4, -0.2) is 26.4 Å². The third-order valence-electron chi connectivity index (χ3n) is 11.0. The summed E-state index contributed by atoms with van der Waals surface area (Å²) in [5.41, 5.74) is 15.3. The molecular formula is C53H34N6O. The summed E-state index contributed by atoms with van der Waals surface area (Å²) in [5, 5.41) is 17.6. The second-order valence-corrected chi connectivity index (χ2v) is 14.8. The van der Waals surface area contributed by atoms with Crippen LogP contribution in [-0.2, 0) is 0 Å². The molecule has 0 aliphatic heterocycles. The molecule has 10 aromatic rings. The number of rotatable bonds is 7. The fourth-order valence-electron chi connectivity index (χ4n) is 8.08. The number of furan rings is 1. The first-order valence-electron chi connectivity index (χ1n) is 19.8. The molecule has 60 heavy (non-hydrogen) atoms. The van der Waals surface area contributed by atoms with Crippen LogP contribution in [0.4, 0.5) is 5.69 Å². The minimum absolute atomic E-state index is 0.322. The zero-order valence-corrected chi connectivity index (χ0v) is 32.2. The number of nitrogens with zero attached hydrogens (tertiary/aromatic N) is 4. The van der Waals surface area contributed by atoms with Gasteiger partial charge in [-0.25, -0.2) is 15.0 Å². The number of fused-ring (bicyclic) bond motifs is 6. The maximum absolute atomic E-state index is 8.93. The van der Waals surface area contributed by atoms with Gasteiger partial charge in [-0.3, -0.25) is 10.8 Å². The third-order valence-corrected chi connectivity index (χ3v) is 11.0. The minimum Gasteiger partial charge on any atom is -0.456 e. The van der Waals surface area contributed by atoms with Crippen LogP contribution in [0.25, 0.3) is 95.2 Å². The fraction of sp³-hybridized carbons (Fsp3) is 0. The zero-order valence-electron chi connectivity index (χ0n) is 32.2. The molecule has 0 spiro atoms. The van der Waals surface area contributed by atoms with Crippen molar-refractivity contribution < 1.29 is 4.42 Å². The molecular weight excluding hydrogens is 737 g/mol. The van der Waals surface area contributed by atoms with Gasteiger partial charge in [0.15, 0.2) is 17.5 Å². The van der Waals surface area contributed by atoms with Crippen LogP contribution in [0.15, 0.2) is 198 Å². The predicted molar refractivity (Wildman–Crippen MR) is 245 cm³/mol. The lowest BCUT2D eigenvalue weighted by atomic mass is 9.88. The highest BCUT2D eigenvalue weighted by atomic mass is 16.3. The highest BCUT2D eigenvalue weighted by molar-refractivity contribution is 6.55. The average Bonchev–Trinajstić information content (AvgIpc) is 3.71. The van der Waals surface area contributed by atoms with Gasteiger partial charge in [0.1, 0.15) is 16.9 Å². The molecule has 8 aromatic carbocycles. The molecule has 2 aromatic heterocycles. The molecule has 282 valence electrons. The Kier molecular flexibility index (Phi) is 8.48.